The standard InChI is InChI=1S/C19H14FN3OS2/c1-24-18-10-12(20)2-4-16(18)14-6-7-21-17-11-13(3-5-15(14)17)26-23-19-22-8-9-25-19/h2-11H,1H3,(H,22,23). The highest BCUT2D eigenvalue weighted by Gasteiger charge is 2.11. The molecule has 2 aromatic carbocycles. The quantitative estimate of drug-likeness (QED) is 0.453. The van der Waals surface area contributed by atoms with E-state index in [1.54, 1.807) is 36.9 Å². The van der Waals surface area contributed by atoms with Crippen LogP contribution in [0.15, 0.2) is 65.1 Å². The van der Waals surface area contributed by atoms with Gasteiger partial charge in [0.25, 0.3) is 0 Å². The molecule has 0 bridgehead atoms. The van der Waals surface area contributed by atoms with Gasteiger partial charge in [0.05, 0.1) is 12.6 Å². The van der Waals surface area contributed by atoms with Gasteiger partial charge in [0.1, 0.15) is 11.6 Å². The molecule has 0 saturated carbocycles. The number of halogens is 1. The van der Waals surface area contributed by atoms with E-state index < -0.39 is 0 Å². The summed E-state index contributed by atoms with van der Waals surface area (Å²) in [5, 5.41) is 3.76. The first-order chi connectivity index (χ1) is 12.7. The Balaban J connectivity index is 1.71. The van der Waals surface area contributed by atoms with Crippen LogP contribution in [0.4, 0.5) is 9.52 Å². The van der Waals surface area contributed by atoms with E-state index in [4.69, 9.17) is 4.74 Å². The van der Waals surface area contributed by atoms with E-state index in [0.29, 0.717) is 5.75 Å². The molecule has 0 atom stereocenters. The average molecular weight is 383 g/mol. The summed E-state index contributed by atoms with van der Waals surface area (Å²) >= 11 is 3.04. The van der Waals surface area contributed by atoms with Crippen LogP contribution in [0.5, 0.6) is 5.75 Å². The molecular weight excluding hydrogens is 369 g/mol. The Morgan fingerprint density at radius 3 is 2.77 bits per heavy atom. The van der Waals surface area contributed by atoms with Crippen LogP contribution in [-0.2, 0) is 0 Å². The Bertz CT molecular complexity index is 1050. The smallest absolute Gasteiger partial charge is 0.192 e. The molecule has 0 radical (unpaired) electrons. The van der Waals surface area contributed by atoms with Crippen molar-refractivity contribution in [1.82, 2.24) is 9.97 Å². The maximum atomic E-state index is 13.5. The number of nitrogens with zero attached hydrogens (tertiary/aromatic N) is 2. The lowest BCUT2D eigenvalue weighted by Crippen LogP contribution is -1.92. The second kappa shape index (κ2) is 7.31. The van der Waals surface area contributed by atoms with E-state index in [9.17, 15) is 4.39 Å². The molecular formula is C19H14FN3OS2. The molecule has 2 aromatic heterocycles. The van der Waals surface area contributed by atoms with Crippen LogP contribution in [0.2, 0.25) is 0 Å². The number of hydrogen-bond donors (Lipinski definition) is 1. The molecule has 0 aliphatic rings. The third-order valence-corrected chi connectivity index (χ3v) is 5.46. The van der Waals surface area contributed by atoms with Gasteiger partial charge in [-0.3, -0.25) is 4.98 Å². The second-order valence-corrected chi connectivity index (χ2v) is 7.20. The minimum absolute atomic E-state index is 0.323. The Morgan fingerprint density at radius 2 is 1.96 bits per heavy atom. The molecule has 26 heavy (non-hydrogen) atoms. The molecule has 0 spiro atoms. The van der Waals surface area contributed by atoms with Gasteiger partial charge in [0.15, 0.2) is 5.13 Å². The first kappa shape index (κ1) is 16.8. The summed E-state index contributed by atoms with van der Waals surface area (Å²) in [7, 11) is 1.54. The number of aromatic nitrogens is 2. The van der Waals surface area contributed by atoms with Gasteiger partial charge in [-0.1, -0.05) is 6.07 Å². The van der Waals surface area contributed by atoms with Crippen molar-refractivity contribution in [3.63, 3.8) is 0 Å². The normalized spacial score (nSPS) is 10.8. The van der Waals surface area contributed by atoms with Crippen molar-refractivity contribution >= 4 is 39.3 Å². The number of pyridine rings is 1. The van der Waals surface area contributed by atoms with E-state index in [1.165, 1.54) is 24.1 Å². The van der Waals surface area contributed by atoms with E-state index in [1.807, 2.05) is 29.6 Å². The van der Waals surface area contributed by atoms with E-state index in [-0.39, 0.29) is 5.82 Å². The van der Waals surface area contributed by atoms with E-state index in [0.717, 1.165) is 32.1 Å². The molecule has 7 heteroatoms. The number of fused-ring (bicyclic) bond motifs is 1. The minimum Gasteiger partial charge on any atom is -0.496 e. The highest BCUT2D eigenvalue weighted by atomic mass is 32.2. The number of thiazole rings is 1. The highest BCUT2D eigenvalue weighted by molar-refractivity contribution is 8.00. The van der Waals surface area contributed by atoms with Gasteiger partial charge in [0, 0.05) is 39.7 Å². The van der Waals surface area contributed by atoms with Crippen molar-refractivity contribution in [2.75, 3.05) is 11.8 Å². The Hall–Kier alpha value is -2.64. The van der Waals surface area contributed by atoms with Gasteiger partial charge in [-0.15, -0.1) is 11.3 Å². The summed E-state index contributed by atoms with van der Waals surface area (Å²) in [5.74, 6) is 0.178. The number of benzene rings is 2. The van der Waals surface area contributed by atoms with Crippen molar-refractivity contribution in [2.24, 2.45) is 0 Å². The zero-order chi connectivity index (χ0) is 17.9. The Morgan fingerprint density at radius 1 is 1.04 bits per heavy atom. The van der Waals surface area contributed by atoms with Crippen molar-refractivity contribution in [3.8, 4) is 16.9 Å². The predicted octanol–water partition coefficient (Wildman–Crippen LogP) is 5.63. The number of hydrogen-bond acceptors (Lipinski definition) is 6. The van der Waals surface area contributed by atoms with Crippen molar-refractivity contribution in [3.05, 3.63) is 66.1 Å². The minimum atomic E-state index is -0.323. The molecule has 0 fully saturated rings. The summed E-state index contributed by atoms with van der Waals surface area (Å²) < 4.78 is 22.1. The average Bonchev–Trinajstić information content (AvgIpc) is 3.19. The summed E-state index contributed by atoms with van der Waals surface area (Å²) in [6.07, 6.45) is 3.51. The fourth-order valence-electron chi connectivity index (χ4n) is 2.69. The molecule has 1 N–H and O–H groups in total. The lowest BCUT2D eigenvalue weighted by atomic mass is 10.0. The summed E-state index contributed by atoms with van der Waals surface area (Å²) in [5.41, 5.74) is 2.65. The van der Waals surface area contributed by atoms with Crippen LogP contribution in [-0.4, -0.2) is 17.1 Å². The van der Waals surface area contributed by atoms with Crippen LogP contribution in [0.25, 0.3) is 22.0 Å². The van der Waals surface area contributed by atoms with Crippen LogP contribution in [0, 0.1) is 5.82 Å². The molecule has 0 unspecified atom stereocenters. The summed E-state index contributed by atoms with van der Waals surface area (Å²) in [6.45, 7) is 0. The third kappa shape index (κ3) is 3.36. The van der Waals surface area contributed by atoms with Crippen molar-refractivity contribution in [2.45, 2.75) is 4.90 Å². The summed E-state index contributed by atoms with van der Waals surface area (Å²) in [4.78, 5) is 9.71. The molecule has 2 heterocycles. The third-order valence-electron chi connectivity index (χ3n) is 3.86. The summed E-state index contributed by atoms with van der Waals surface area (Å²) in [6, 6.07) is 12.5. The Labute approximate surface area is 158 Å². The number of methoxy groups -OCH3 is 1. The number of ether oxygens (including phenoxy) is 1. The molecule has 4 rings (SSSR count). The topological polar surface area (TPSA) is 47.0 Å². The lowest BCUT2D eigenvalue weighted by Gasteiger charge is -2.12. The molecule has 130 valence electrons. The molecule has 4 nitrogen and oxygen atoms in total. The maximum Gasteiger partial charge on any atom is 0.192 e. The number of rotatable bonds is 5. The fraction of sp³-hybridized carbons (Fsp3) is 0.0526. The lowest BCUT2D eigenvalue weighted by molar-refractivity contribution is 0.413. The van der Waals surface area contributed by atoms with E-state index >= 15 is 0 Å². The largest absolute Gasteiger partial charge is 0.496 e. The van der Waals surface area contributed by atoms with Gasteiger partial charge in [-0.25, -0.2) is 9.37 Å². The van der Waals surface area contributed by atoms with Crippen LogP contribution < -0.4 is 9.46 Å². The monoisotopic (exact) mass is 383 g/mol. The van der Waals surface area contributed by atoms with Crippen LogP contribution in [0.1, 0.15) is 0 Å². The molecule has 0 saturated heterocycles. The molecule has 0 amide bonds. The van der Waals surface area contributed by atoms with Gasteiger partial charge in [-0.05, 0) is 47.8 Å². The number of anilines is 1. The van der Waals surface area contributed by atoms with Crippen molar-refractivity contribution < 1.29 is 9.13 Å². The molecule has 4 aromatic rings. The van der Waals surface area contributed by atoms with E-state index in [2.05, 4.69) is 14.7 Å². The van der Waals surface area contributed by atoms with Gasteiger partial charge >= 0.3 is 0 Å². The first-order valence-electron chi connectivity index (χ1n) is 7.79. The second-order valence-electron chi connectivity index (χ2n) is 5.42. The Kier molecular flexibility index (Phi) is 4.73. The van der Waals surface area contributed by atoms with Crippen LogP contribution >= 0.6 is 23.3 Å². The van der Waals surface area contributed by atoms with Gasteiger partial charge < -0.3 is 9.46 Å². The van der Waals surface area contributed by atoms with Crippen LogP contribution in [0.3, 0.4) is 0 Å². The zero-order valence-electron chi connectivity index (χ0n) is 13.8. The van der Waals surface area contributed by atoms with Gasteiger partial charge in [-0.2, -0.15) is 0 Å². The first-order valence-corrected chi connectivity index (χ1v) is 9.49. The zero-order valence-corrected chi connectivity index (χ0v) is 15.4. The fourth-order valence-corrected chi connectivity index (χ4v) is 3.94. The SMILES string of the molecule is COc1cc(F)ccc1-c1ccnc2cc(SNc3nccs3)ccc12. The molecule has 0 aliphatic heterocycles. The number of nitrogens with one attached hydrogen (secondary N) is 1. The molecule has 0 aliphatic carbocycles. The predicted molar refractivity (Wildman–Crippen MR) is 105 cm³/mol. The van der Waals surface area contributed by atoms with Gasteiger partial charge in [0.2, 0.25) is 0 Å². The highest BCUT2D eigenvalue weighted by Crippen LogP contribution is 2.36. The van der Waals surface area contributed by atoms with Crippen molar-refractivity contribution in [1.29, 1.82) is 0 Å². The maximum absolute atomic E-state index is 13.5.